The van der Waals surface area contributed by atoms with Gasteiger partial charge in [-0.1, -0.05) is 31.9 Å². The zero-order chi connectivity index (χ0) is 9.72. The monoisotopic (exact) mass is 302 g/mol. The second-order valence-corrected chi connectivity index (χ2v) is 4.58. The highest BCUT2D eigenvalue weighted by atomic mass is 79.9. The highest BCUT2D eigenvalue weighted by Gasteiger charge is 2.21. The van der Waals surface area contributed by atoms with E-state index in [2.05, 4.69) is 31.9 Å². The first kappa shape index (κ1) is 11.9. The third-order valence-electron chi connectivity index (χ3n) is 1.13. The zero-order valence-corrected chi connectivity index (χ0v) is 9.21. The van der Waals surface area contributed by atoms with Gasteiger partial charge in [0.1, 0.15) is 0 Å². The molecule has 0 aromatic heterocycles. The summed E-state index contributed by atoms with van der Waals surface area (Å²) in [6.07, 6.45) is -0.188. The largest absolute Gasteiger partial charge is 0.481 e. The maximum Gasteiger partial charge on any atom is 0.304 e. The van der Waals surface area contributed by atoms with Crippen LogP contribution < -0.4 is 0 Å². The molecule has 70 valence electrons. The molecule has 12 heavy (non-hydrogen) atoms. The van der Waals surface area contributed by atoms with Gasteiger partial charge >= 0.3 is 11.9 Å². The van der Waals surface area contributed by atoms with Gasteiger partial charge in [0.2, 0.25) is 0 Å². The standard InChI is InChI=1S/C6H8Br2O4/c7-3(1-5(9)10)4(8)2-6(11)12/h3-4H,1-2H2,(H,9,10)(H,11,12). The van der Waals surface area contributed by atoms with Crippen molar-refractivity contribution in [2.24, 2.45) is 0 Å². The first-order valence-electron chi connectivity index (χ1n) is 3.15. The van der Waals surface area contributed by atoms with Gasteiger partial charge < -0.3 is 10.2 Å². The number of alkyl halides is 2. The lowest BCUT2D eigenvalue weighted by atomic mass is 10.2. The molecule has 0 radical (unpaired) electrons. The Kier molecular flexibility index (Phi) is 5.48. The summed E-state index contributed by atoms with van der Waals surface area (Å²) in [5, 5.41) is 16.7. The molecule has 2 atom stereocenters. The van der Waals surface area contributed by atoms with Gasteiger partial charge in [-0.05, 0) is 0 Å². The lowest BCUT2D eigenvalue weighted by molar-refractivity contribution is -0.139. The fraction of sp³-hybridized carbons (Fsp3) is 0.667. The van der Waals surface area contributed by atoms with Crippen molar-refractivity contribution < 1.29 is 19.8 Å². The van der Waals surface area contributed by atoms with Crippen molar-refractivity contribution in [2.75, 3.05) is 0 Å². The summed E-state index contributed by atoms with van der Waals surface area (Å²) in [5.74, 6) is -1.90. The zero-order valence-electron chi connectivity index (χ0n) is 6.04. The smallest absolute Gasteiger partial charge is 0.304 e. The van der Waals surface area contributed by atoms with Crippen LogP contribution in [0.4, 0.5) is 0 Å². The Morgan fingerprint density at radius 1 is 1.00 bits per heavy atom. The number of aliphatic carboxylic acids is 2. The molecule has 0 saturated heterocycles. The van der Waals surface area contributed by atoms with Gasteiger partial charge in [0.15, 0.2) is 0 Å². The molecule has 0 heterocycles. The van der Waals surface area contributed by atoms with Gasteiger partial charge in [-0.3, -0.25) is 9.59 Å². The quantitative estimate of drug-likeness (QED) is 0.754. The van der Waals surface area contributed by atoms with Crippen LogP contribution in [0.15, 0.2) is 0 Å². The SMILES string of the molecule is O=C(O)CC(Br)C(Br)CC(=O)O. The van der Waals surface area contributed by atoms with Crippen molar-refractivity contribution in [2.45, 2.75) is 22.5 Å². The normalized spacial score (nSPS) is 15.2. The summed E-state index contributed by atoms with van der Waals surface area (Å²) in [7, 11) is 0. The lowest BCUT2D eigenvalue weighted by Crippen LogP contribution is -2.20. The van der Waals surface area contributed by atoms with E-state index in [4.69, 9.17) is 10.2 Å². The number of carbonyl (C=O) groups is 2. The molecule has 0 aliphatic rings. The summed E-state index contributed by atoms with van der Waals surface area (Å²) in [6.45, 7) is 0. The Bertz CT molecular complexity index is 162. The molecule has 2 unspecified atom stereocenters. The van der Waals surface area contributed by atoms with Crippen molar-refractivity contribution in [1.82, 2.24) is 0 Å². The van der Waals surface area contributed by atoms with Crippen LogP contribution in [0, 0.1) is 0 Å². The Labute approximate surface area is 86.2 Å². The third-order valence-corrected chi connectivity index (χ3v) is 3.76. The number of rotatable bonds is 5. The van der Waals surface area contributed by atoms with Crippen LogP contribution in [-0.2, 0) is 9.59 Å². The molecule has 0 aliphatic carbocycles. The van der Waals surface area contributed by atoms with E-state index in [0.29, 0.717) is 0 Å². The molecule has 0 aromatic carbocycles. The van der Waals surface area contributed by atoms with Crippen molar-refractivity contribution in [3.63, 3.8) is 0 Å². The number of carboxylic acid groups (broad SMARTS) is 2. The summed E-state index contributed by atoms with van der Waals surface area (Å²) >= 11 is 6.16. The van der Waals surface area contributed by atoms with Crippen molar-refractivity contribution in [1.29, 1.82) is 0 Å². The second kappa shape index (κ2) is 5.53. The molecule has 0 aliphatic heterocycles. The first-order valence-corrected chi connectivity index (χ1v) is 4.98. The summed E-state index contributed by atoms with van der Waals surface area (Å²) < 4.78 is 0. The molecule has 0 saturated carbocycles. The Hall–Kier alpha value is -0.100. The highest BCUT2D eigenvalue weighted by Crippen LogP contribution is 2.20. The highest BCUT2D eigenvalue weighted by molar-refractivity contribution is 9.12. The minimum atomic E-state index is -0.952. The fourth-order valence-electron chi connectivity index (χ4n) is 0.589. The van der Waals surface area contributed by atoms with Gasteiger partial charge in [0.05, 0.1) is 12.8 Å². The Morgan fingerprint density at radius 3 is 1.42 bits per heavy atom. The fourth-order valence-corrected chi connectivity index (χ4v) is 1.52. The molecule has 2 N–H and O–H groups in total. The summed E-state index contributed by atoms with van der Waals surface area (Å²) in [5.41, 5.74) is 0. The maximum absolute atomic E-state index is 10.2. The van der Waals surface area contributed by atoms with Crippen LogP contribution >= 0.6 is 31.9 Å². The minimum absolute atomic E-state index is 0.0941. The van der Waals surface area contributed by atoms with E-state index in [1.165, 1.54) is 0 Å². The van der Waals surface area contributed by atoms with Gasteiger partial charge in [-0.25, -0.2) is 0 Å². The summed E-state index contributed by atoms with van der Waals surface area (Å²) in [4.78, 5) is 19.7. The van der Waals surface area contributed by atoms with E-state index < -0.39 is 11.9 Å². The molecule has 6 heteroatoms. The predicted octanol–water partition coefficient (Wildman–Crippen LogP) is 1.46. The molecule has 4 nitrogen and oxygen atoms in total. The molecule has 0 rings (SSSR count). The van der Waals surface area contributed by atoms with Crippen LogP contribution in [0.25, 0.3) is 0 Å². The average Bonchev–Trinajstić information content (AvgIpc) is 1.84. The number of hydrogen-bond acceptors (Lipinski definition) is 2. The molecular formula is C6H8Br2O4. The van der Waals surface area contributed by atoms with E-state index in [9.17, 15) is 9.59 Å². The van der Waals surface area contributed by atoms with Gasteiger partial charge in [0, 0.05) is 9.65 Å². The van der Waals surface area contributed by atoms with E-state index in [-0.39, 0.29) is 22.5 Å². The van der Waals surface area contributed by atoms with Crippen LogP contribution in [0.2, 0.25) is 0 Å². The van der Waals surface area contributed by atoms with Crippen LogP contribution in [0.3, 0.4) is 0 Å². The van der Waals surface area contributed by atoms with Gasteiger partial charge in [-0.15, -0.1) is 0 Å². The number of halogens is 2. The predicted molar refractivity (Wildman–Crippen MR) is 49.9 cm³/mol. The van der Waals surface area contributed by atoms with Crippen LogP contribution in [0.5, 0.6) is 0 Å². The van der Waals surface area contributed by atoms with Crippen LogP contribution in [0.1, 0.15) is 12.8 Å². The third kappa shape index (κ3) is 5.54. The first-order chi connectivity index (χ1) is 5.43. The van der Waals surface area contributed by atoms with E-state index in [0.717, 1.165) is 0 Å². The van der Waals surface area contributed by atoms with Gasteiger partial charge in [0.25, 0.3) is 0 Å². The van der Waals surface area contributed by atoms with E-state index in [1.54, 1.807) is 0 Å². The second-order valence-electron chi connectivity index (χ2n) is 2.23. The topological polar surface area (TPSA) is 74.6 Å². The maximum atomic E-state index is 10.2. The summed E-state index contributed by atoms with van der Waals surface area (Å²) in [6, 6.07) is 0. The lowest BCUT2D eigenvalue weighted by Gasteiger charge is -2.11. The Morgan fingerprint density at radius 2 is 1.25 bits per heavy atom. The molecule has 0 amide bonds. The molecular weight excluding hydrogens is 296 g/mol. The van der Waals surface area contributed by atoms with E-state index >= 15 is 0 Å². The molecule has 0 fully saturated rings. The van der Waals surface area contributed by atoms with Gasteiger partial charge in [-0.2, -0.15) is 0 Å². The minimum Gasteiger partial charge on any atom is -0.481 e. The van der Waals surface area contributed by atoms with Crippen molar-refractivity contribution in [3.8, 4) is 0 Å². The Balaban J connectivity index is 3.83. The van der Waals surface area contributed by atoms with Crippen molar-refractivity contribution in [3.05, 3.63) is 0 Å². The number of carboxylic acids is 2. The number of hydrogen-bond donors (Lipinski definition) is 2. The molecule has 0 aromatic rings. The van der Waals surface area contributed by atoms with Crippen LogP contribution in [-0.4, -0.2) is 31.8 Å². The van der Waals surface area contributed by atoms with E-state index in [1.807, 2.05) is 0 Å². The van der Waals surface area contributed by atoms with Crippen molar-refractivity contribution >= 4 is 43.8 Å². The molecule has 0 spiro atoms. The molecule has 0 bridgehead atoms. The average molecular weight is 304 g/mol.